The maximum absolute atomic E-state index is 13.3. The molecule has 0 aromatic heterocycles. The summed E-state index contributed by atoms with van der Waals surface area (Å²) in [7, 11) is 0. The zero-order valence-corrected chi connectivity index (χ0v) is 13.0. The van der Waals surface area contributed by atoms with Gasteiger partial charge in [0.25, 0.3) is 0 Å². The molecule has 5 rings (SSSR count). The molecule has 2 atom stereocenters. The minimum atomic E-state index is 0.0466. The molecule has 0 N–H and O–H groups in total. The molecule has 2 heteroatoms. The Bertz CT molecular complexity index is 417. The van der Waals surface area contributed by atoms with Crippen molar-refractivity contribution in [2.45, 2.75) is 65.2 Å². The second-order valence-corrected chi connectivity index (χ2v) is 9.16. The zero-order valence-electron chi connectivity index (χ0n) is 13.0. The van der Waals surface area contributed by atoms with Crippen molar-refractivity contribution in [2.75, 3.05) is 13.2 Å². The van der Waals surface area contributed by atoms with Crippen LogP contribution in [0.4, 0.5) is 0 Å². The molecular weight excluding hydrogens is 248 g/mol. The maximum Gasteiger partial charge on any atom is 0.142 e. The third-order valence-corrected chi connectivity index (χ3v) is 6.74. The first kappa shape index (κ1) is 13.3. The van der Waals surface area contributed by atoms with Crippen molar-refractivity contribution >= 4 is 5.78 Å². The number of ketones is 1. The summed E-state index contributed by atoms with van der Waals surface area (Å²) in [5.41, 5.74) is 0.953. The van der Waals surface area contributed by atoms with Crippen molar-refractivity contribution in [3.8, 4) is 0 Å². The highest BCUT2D eigenvalue weighted by atomic mass is 16.5. The van der Waals surface area contributed by atoms with Crippen molar-refractivity contribution in [3.05, 3.63) is 0 Å². The second kappa shape index (κ2) is 4.09. The molecule has 5 aliphatic rings. The largest absolute Gasteiger partial charge is 0.381 e. The van der Waals surface area contributed by atoms with E-state index in [9.17, 15) is 4.79 Å². The van der Waals surface area contributed by atoms with E-state index in [1.807, 2.05) is 0 Å². The van der Waals surface area contributed by atoms with E-state index >= 15 is 0 Å². The summed E-state index contributed by atoms with van der Waals surface area (Å²) in [6.07, 6.45) is 9.63. The van der Waals surface area contributed by atoms with Gasteiger partial charge >= 0.3 is 0 Å². The molecule has 112 valence electrons. The molecule has 2 unspecified atom stereocenters. The Kier molecular flexibility index (Phi) is 2.72. The van der Waals surface area contributed by atoms with Crippen molar-refractivity contribution in [2.24, 2.45) is 28.1 Å². The van der Waals surface area contributed by atoms with Crippen molar-refractivity contribution in [1.82, 2.24) is 0 Å². The lowest BCUT2D eigenvalue weighted by Crippen LogP contribution is -2.58. The molecule has 5 fully saturated rings. The monoisotopic (exact) mass is 276 g/mol. The summed E-state index contributed by atoms with van der Waals surface area (Å²) >= 11 is 0. The third-order valence-electron chi connectivity index (χ3n) is 6.74. The average molecular weight is 276 g/mol. The molecule has 2 nitrogen and oxygen atoms in total. The standard InChI is InChI=1S/C18H28O2/c1-16-7-13-8-17(2,10-16)12-18(9-13,11-16)15(19)14-3-5-20-6-4-14/h13-14H,3-12H2,1-2H3. The number of Topliss-reactive ketones (excluding diaryl/α,β-unsaturated/α-hetero) is 1. The van der Waals surface area contributed by atoms with Crippen LogP contribution in [0.5, 0.6) is 0 Å². The van der Waals surface area contributed by atoms with Crippen LogP contribution in [0.15, 0.2) is 0 Å². The van der Waals surface area contributed by atoms with Gasteiger partial charge in [0.2, 0.25) is 0 Å². The van der Waals surface area contributed by atoms with Crippen molar-refractivity contribution in [3.63, 3.8) is 0 Å². The van der Waals surface area contributed by atoms with Gasteiger partial charge in [0.15, 0.2) is 0 Å². The van der Waals surface area contributed by atoms with Gasteiger partial charge < -0.3 is 4.74 Å². The smallest absolute Gasteiger partial charge is 0.142 e. The fraction of sp³-hybridized carbons (Fsp3) is 0.944. The SMILES string of the molecule is CC12CC3CC(C)(C1)CC(C(=O)C1CCOCC1)(C3)C2. The lowest BCUT2D eigenvalue weighted by Gasteiger charge is -2.65. The molecule has 0 aromatic rings. The molecule has 1 aliphatic heterocycles. The van der Waals surface area contributed by atoms with Gasteiger partial charge in [-0.2, -0.15) is 0 Å². The van der Waals surface area contributed by atoms with E-state index in [4.69, 9.17) is 4.74 Å². The van der Waals surface area contributed by atoms with Crippen molar-refractivity contribution in [1.29, 1.82) is 0 Å². The van der Waals surface area contributed by atoms with Crippen LogP contribution in [0.25, 0.3) is 0 Å². The summed E-state index contributed by atoms with van der Waals surface area (Å²) in [5, 5.41) is 0. The predicted octanol–water partition coefficient (Wildman–Crippen LogP) is 3.98. The van der Waals surface area contributed by atoms with Crippen LogP contribution in [0.1, 0.15) is 65.2 Å². The van der Waals surface area contributed by atoms with Crippen LogP contribution in [-0.2, 0) is 9.53 Å². The van der Waals surface area contributed by atoms with Gasteiger partial charge in [-0.25, -0.2) is 0 Å². The molecule has 4 bridgehead atoms. The fourth-order valence-electron chi connectivity index (χ4n) is 7.12. The number of ether oxygens (including phenoxy) is 1. The van der Waals surface area contributed by atoms with Gasteiger partial charge in [-0.1, -0.05) is 13.8 Å². The number of hydrogen-bond acceptors (Lipinski definition) is 2. The minimum absolute atomic E-state index is 0.0466. The molecule has 0 amide bonds. The molecule has 4 aliphatic carbocycles. The summed E-state index contributed by atoms with van der Waals surface area (Å²) in [6, 6.07) is 0. The molecular formula is C18H28O2. The highest BCUT2D eigenvalue weighted by molar-refractivity contribution is 5.87. The van der Waals surface area contributed by atoms with Gasteiger partial charge in [-0.05, 0) is 68.1 Å². The normalized spacial score (nSPS) is 51.4. The lowest BCUT2D eigenvalue weighted by atomic mass is 9.39. The Balaban J connectivity index is 1.64. The first-order valence-corrected chi connectivity index (χ1v) is 8.54. The van der Waals surface area contributed by atoms with E-state index in [2.05, 4.69) is 13.8 Å². The van der Waals surface area contributed by atoms with Gasteiger partial charge in [0.1, 0.15) is 5.78 Å². The van der Waals surface area contributed by atoms with E-state index < -0.39 is 0 Å². The molecule has 4 saturated carbocycles. The van der Waals surface area contributed by atoms with E-state index in [1.54, 1.807) is 0 Å². The van der Waals surface area contributed by atoms with Gasteiger partial charge in [0.05, 0.1) is 0 Å². The van der Waals surface area contributed by atoms with Crippen LogP contribution >= 0.6 is 0 Å². The van der Waals surface area contributed by atoms with Crippen LogP contribution in [-0.4, -0.2) is 19.0 Å². The molecule has 20 heavy (non-hydrogen) atoms. The van der Waals surface area contributed by atoms with Crippen LogP contribution in [0.2, 0.25) is 0 Å². The third kappa shape index (κ3) is 1.90. The minimum Gasteiger partial charge on any atom is -0.381 e. The van der Waals surface area contributed by atoms with Crippen LogP contribution < -0.4 is 0 Å². The van der Waals surface area contributed by atoms with E-state index in [-0.39, 0.29) is 5.41 Å². The van der Waals surface area contributed by atoms with Crippen LogP contribution in [0, 0.1) is 28.1 Å². The molecule has 0 aromatic carbocycles. The lowest BCUT2D eigenvalue weighted by molar-refractivity contribution is -0.173. The molecule has 0 radical (unpaired) electrons. The van der Waals surface area contributed by atoms with E-state index in [0.717, 1.165) is 32.0 Å². The Labute approximate surface area is 122 Å². The molecule has 1 saturated heterocycles. The van der Waals surface area contributed by atoms with E-state index in [1.165, 1.54) is 38.5 Å². The second-order valence-electron chi connectivity index (χ2n) is 9.16. The number of carbonyl (C=O) groups is 1. The highest BCUT2D eigenvalue weighted by Crippen LogP contribution is 2.70. The highest BCUT2D eigenvalue weighted by Gasteiger charge is 2.62. The van der Waals surface area contributed by atoms with E-state index in [0.29, 0.717) is 22.5 Å². The summed E-state index contributed by atoms with van der Waals surface area (Å²) in [5.74, 6) is 1.75. The Morgan fingerprint density at radius 3 is 2.10 bits per heavy atom. The zero-order chi connectivity index (χ0) is 14.0. The quantitative estimate of drug-likeness (QED) is 0.762. The summed E-state index contributed by atoms with van der Waals surface area (Å²) in [6.45, 7) is 6.51. The Morgan fingerprint density at radius 2 is 1.55 bits per heavy atom. The number of rotatable bonds is 2. The first-order chi connectivity index (χ1) is 9.42. The van der Waals surface area contributed by atoms with Gasteiger partial charge in [0, 0.05) is 24.5 Å². The van der Waals surface area contributed by atoms with Gasteiger partial charge in [-0.3, -0.25) is 4.79 Å². The number of carbonyl (C=O) groups excluding carboxylic acids is 1. The van der Waals surface area contributed by atoms with Crippen LogP contribution in [0.3, 0.4) is 0 Å². The first-order valence-electron chi connectivity index (χ1n) is 8.54. The predicted molar refractivity (Wildman–Crippen MR) is 78.4 cm³/mol. The summed E-state index contributed by atoms with van der Waals surface area (Å²) in [4.78, 5) is 13.3. The fourth-order valence-corrected chi connectivity index (χ4v) is 7.12. The maximum atomic E-state index is 13.3. The van der Waals surface area contributed by atoms with Gasteiger partial charge in [-0.15, -0.1) is 0 Å². The Morgan fingerprint density at radius 1 is 0.950 bits per heavy atom. The summed E-state index contributed by atoms with van der Waals surface area (Å²) < 4.78 is 5.46. The average Bonchev–Trinajstić information content (AvgIpc) is 2.34. The topological polar surface area (TPSA) is 26.3 Å². The molecule has 0 spiro atoms. The Hall–Kier alpha value is -0.370. The molecule has 1 heterocycles. The number of hydrogen-bond donors (Lipinski definition) is 0. The van der Waals surface area contributed by atoms with Crippen molar-refractivity contribution < 1.29 is 9.53 Å².